The molecule has 0 aromatic heterocycles. The molecule has 2 rings (SSSR count). The lowest BCUT2D eigenvalue weighted by molar-refractivity contribution is 0.378. The van der Waals surface area contributed by atoms with Crippen LogP contribution in [0.4, 0.5) is 0 Å². The van der Waals surface area contributed by atoms with Crippen LogP contribution in [0.25, 0.3) is 0 Å². The van der Waals surface area contributed by atoms with Crippen molar-refractivity contribution in [2.24, 2.45) is 0 Å². The van der Waals surface area contributed by atoms with Crippen LogP contribution in [0.15, 0.2) is 0 Å². The van der Waals surface area contributed by atoms with Gasteiger partial charge in [0.15, 0.2) is 0 Å². The Bertz CT molecular complexity index is 293. The van der Waals surface area contributed by atoms with Gasteiger partial charge < -0.3 is 5.32 Å². The highest BCUT2D eigenvalue weighted by atomic mass is 32.2. The van der Waals surface area contributed by atoms with E-state index in [1.54, 1.807) is 0 Å². The summed E-state index contributed by atoms with van der Waals surface area (Å²) in [6.07, 6.45) is 6.50. The van der Waals surface area contributed by atoms with E-state index >= 15 is 0 Å². The van der Waals surface area contributed by atoms with Crippen molar-refractivity contribution < 1.29 is 8.42 Å². The molecule has 1 aliphatic carbocycles. The number of piperidine rings is 1. The van der Waals surface area contributed by atoms with Crippen molar-refractivity contribution in [1.29, 1.82) is 0 Å². The van der Waals surface area contributed by atoms with Crippen molar-refractivity contribution in [3.05, 3.63) is 0 Å². The summed E-state index contributed by atoms with van der Waals surface area (Å²) in [7, 11) is -3.05. The summed E-state index contributed by atoms with van der Waals surface area (Å²) in [5.41, 5.74) is 0. The predicted octanol–water partition coefficient (Wildman–Crippen LogP) is 0.600. The largest absolute Gasteiger partial charge is 0.313 e. The fourth-order valence-corrected chi connectivity index (χ4v) is 3.81. The highest BCUT2D eigenvalue weighted by molar-refractivity contribution is 7.89. The second-order valence-corrected chi connectivity index (χ2v) is 6.47. The van der Waals surface area contributed by atoms with Crippen LogP contribution in [-0.4, -0.2) is 32.8 Å². The molecule has 15 heavy (non-hydrogen) atoms. The molecule has 0 spiro atoms. The number of nitrogens with one attached hydrogen (secondary N) is 2. The molecule has 0 aromatic carbocycles. The van der Waals surface area contributed by atoms with E-state index in [4.69, 9.17) is 0 Å². The van der Waals surface area contributed by atoms with Crippen LogP contribution >= 0.6 is 0 Å². The molecule has 1 heterocycles. The molecule has 2 N–H and O–H groups in total. The zero-order valence-electron chi connectivity index (χ0n) is 9.04. The van der Waals surface area contributed by atoms with Gasteiger partial charge in [0.05, 0.1) is 5.75 Å². The van der Waals surface area contributed by atoms with Gasteiger partial charge in [0.2, 0.25) is 10.0 Å². The molecular formula is C10H20N2O2S. The minimum Gasteiger partial charge on any atom is -0.313 e. The maximum atomic E-state index is 11.8. The Labute approximate surface area is 91.9 Å². The normalized spacial score (nSPS) is 28.7. The monoisotopic (exact) mass is 232 g/mol. The SMILES string of the molecule is O=S(=O)(CC1CCCCN1)NC1CCC1. The van der Waals surface area contributed by atoms with E-state index in [0.717, 1.165) is 38.6 Å². The van der Waals surface area contributed by atoms with Gasteiger partial charge in [0, 0.05) is 12.1 Å². The summed E-state index contributed by atoms with van der Waals surface area (Å²) in [6.45, 7) is 0.962. The van der Waals surface area contributed by atoms with E-state index in [9.17, 15) is 8.42 Å². The van der Waals surface area contributed by atoms with E-state index in [1.807, 2.05) is 0 Å². The summed E-state index contributed by atoms with van der Waals surface area (Å²) in [5, 5.41) is 3.27. The quantitative estimate of drug-likeness (QED) is 0.746. The number of rotatable bonds is 4. The van der Waals surface area contributed by atoms with E-state index in [0.29, 0.717) is 0 Å². The molecule has 2 aliphatic rings. The smallest absolute Gasteiger partial charge is 0.213 e. The molecule has 1 atom stereocenters. The Morgan fingerprint density at radius 1 is 1.13 bits per heavy atom. The van der Waals surface area contributed by atoms with Crippen molar-refractivity contribution in [2.75, 3.05) is 12.3 Å². The van der Waals surface area contributed by atoms with Crippen molar-refractivity contribution >= 4 is 10.0 Å². The molecule has 0 aromatic rings. The molecule has 4 nitrogen and oxygen atoms in total. The van der Waals surface area contributed by atoms with Crippen LogP contribution < -0.4 is 10.0 Å². The van der Waals surface area contributed by atoms with Gasteiger partial charge >= 0.3 is 0 Å². The standard InChI is InChI=1S/C10H20N2O2S/c13-15(14,12-9-5-3-6-9)8-10-4-1-2-7-11-10/h9-12H,1-8H2. The fourth-order valence-electron chi connectivity index (χ4n) is 2.16. The lowest BCUT2D eigenvalue weighted by atomic mass is 9.94. The molecular weight excluding hydrogens is 212 g/mol. The summed E-state index contributed by atoms with van der Waals surface area (Å²) in [5.74, 6) is 0.253. The molecule has 0 bridgehead atoms. The van der Waals surface area contributed by atoms with Gasteiger partial charge in [0.1, 0.15) is 0 Å². The molecule has 1 saturated heterocycles. The van der Waals surface area contributed by atoms with E-state index in [2.05, 4.69) is 10.0 Å². The Hall–Kier alpha value is -0.130. The number of hydrogen-bond acceptors (Lipinski definition) is 3. The lowest BCUT2D eigenvalue weighted by Crippen LogP contribution is -2.46. The fraction of sp³-hybridized carbons (Fsp3) is 1.00. The summed E-state index contributed by atoms with van der Waals surface area (Å²) < 4.78 is 26.3. The molecule has 2 fully saturated rings. The first-order chi connectivity index (χ1) is 7.16. The zero-order valence-corrected chi connectivity index (χ0v) is 9.85. The van der Waals surface area contributed by atoms with E-state index in [1.165, 1.54) is 6.42 Å². The van der Waals surface area contributed by atoms with Crippen molar-refractivity contribution in [2.45, 2.75) is 50.6 Å². The third-order valence-corrected chi connectivity index (χ3v) is 4.82. The highest BCUT2D eigenvalue weighted by Gasteiger charge is 2.26. The Balaban J connectivity index is 1.80. The Morgan fingerprint density at radius 3 is 2.47 bits per heavy atom. The maximum absolute atomic E-state index is 11.8. The van der Waals surface area contributed by atoms with Crippen LogP contribution in [0.5, 0.6) is 0 Å². The van der Waals surface area contributed by atoms with E-state index in [-0.39, 0.29) is 17.8 Å². The minimum atomic E-state index is -3.05. The molecule has 1 saturated carbocycles. The number of hydrogen-bond donors (Lipinski definition) is 2. The van der Waals surface area contributed by atoms with Crippen molar-refractivity contribution in [3.63, 3.8) is 0 Å². The maximum Gasteiger partial charge on any atom is 0.213 e. The summed E-state index contributed by atoms with van der Waals surface area (Å²) in [6, 6.07) is 0.384. The van der Waals surface area contributed by atoms with Gasteiger partial charge in [-0.1, -0.05) is 12.8 Å². The van der Waals surface area contributed by atoms with Gasteiger partial charge in [-0.2, -0.15) is 0 Å². The highest BCUT2D eigenvalue weighted by Crippen LogP contribution is 2.19. The first-order valence-electron chi connectivity index (χ1n) is 5.89. The third-order valence-electron chi connectivity index (χ3n) is 3.28. The Kier molecular flexibility index (Phi) is 3.64. The predicted molar refractivity (Wildman–Crippen MR) is 60.2 cm³/mol. The molecule has 5 heteroatoms. The topological polar surface area (TPSA) is 58.2 Å². The molecule has 1 unspecified atom stereocenters. The molecule has 88 valence electrons. The van der Waals surface area contributed by atoms with Crippen LogP contribution in [0.3, 0.4) is 0 Å². The first kappa shape index (κ1) is 11.4. The summed E-state index contributed by atoms with van der Waals surface area (Å²) >= 11 is 0. The first-order valence-corrected chi connectivity index (χ1v) is 7.54. The summed E-state index contributed by atoms with van der Waals surface area (Å²) in [4.78, 5) is 0. The van der Waals surface area contributed by atoms with Crippen molar-refractivity contribution in [1.82, 2.24) is 10.0 Å². The second-order valence-electron chi connectivity index (χ2n) is 4.67. The third kappa shape index (κ3) is 3.43. The van der Waals surface area contributed by atoms with Gasteiger partial charge in [-0.25, -0.2) is 13.1 Å². The number of sulfonamides is 1. The van der Waals surface area contributed by atoms with E-state index < -0.39 is 10.0 Å². The van der Waals surface area contributed by atoms with Gasteiger partial charge in [0.25, 0.3) is 0 Å². The Morgan fingerprint density at radius 2 is 1.93 bits per heavy atom. The van der Waals surface area contributed by atoms with Crippen molar-refractivity contribution in [3.8, 4) is 0 Å². The zero-order chi connectivity index (χ0) is 10.7. The average molecular weight is 232 g/mol. The van der Waals surface area contributed by atoms with Crippen LogP contribution in [0.1, 0.15) is 38.5 Å². The average Bonchev–Trinajstić information content (AvgIpc) is 2.13. The van der Waals surface area contributed by atoms with Crippen LogP contribution in [0, 0.1) is 0 Å². The minimum absolute atomic E-state index is 0.163. The van der Waals surface area contributed by atoms with Crippen LogP contribution in [-0.2, 0) is 10.0 Å². The van der Waals surface area contributed by atoms with Gasteiger partial charge in [-0.15, -0.1) is 0 Å². The van der Waals surface area contributed by atoms with Gasteiger partial charge in [-0.05, 0) is 32.2 Å². The second kappa shape index (κ2) is 4.80. The lowest BCUT2D eigenvalue weighted by Gasteiger charge is -2.28. The molecule has 0 amide bonds. The molecule has 0 radical (unpaired) electrons. The van der Waals surface area contributed by atoms with Gasteiger partial charge in [-0.3, -0.25) is 0 Å². The molecule has 1 aliphatic heterocycles. The van der Waals surface area contributed by atoms with Crippen LogP contribution in [0.2, 0.25) is 0 Å².